The first-order valence-corrected chi connectivity index (χ1v) is 6.68. The average Bonchev–Trinajstić information content (AvgIpc) is 2.86. The third-order valence-electron chi connectivity index (χ3n) is 3.47. The first kappa shape index (κ1) is 14.8. The Kier molecular flexibility index (Phi) is 4.62. The van der Waals surface area contributed by atoms with Gasteiger partial charge in [-0.05, 0) is 17.7 Å². The predicted octanol–water partition coefficient (Wildman–Crippen LogP) is 1.58. The van der Waals surface area contributed by atoms with Gasteiger partial charge in [-0.25, -0.2) is 4.79 Å². The van der Waals surface area contributed by atoms with E-state index in [9.17, 15) is 14.7 Å². The lowest BCUT2D eigenvalue weighted by molar-refractivity contribution is -0.148. The summed E-state index contributed by atoms with van der Waals surface area (Å²) >= 11 is 5.79. The Balaban J connectivity index is 2.07. The van der Waals surface area contributed by atoms with Gasteiger partial charge >= 0.3 is 5.97 Å². The van der Waals surface area contributed by atoms with Crippen molar-refractivity contribution in [2.75, 3.05) is 13.7 Å². The van der Waals surface area contributed by atoms with E-state index >= 15 is 0 Å². The van der Waals surface area contributed by atoms with Gasteiger partial charge < -0.3 is 14.7 Å². The molecule has 2 unspecified atom stereocenters. The predicted molar refractivity (Wildman–Crippen MR) is 73.7 cm³/mol. The van der Waals surface area contributed by atoms with Crippen LogP contribution in [-0.4, -0.2) is 47.7 Å². The van der Waals surface area contributed by atoms with Crippen molar-refractivity contribution in [1.29, 1.82) is 0 Å². The van der Waals surface area contributed by atoms with Crippen LogP contribution in [0.1, 0.15) is 12.0 Å². The maximum absolute atomic E-state index is 12.3. The lowest BCUT2D eigenvalue weighted by atomic mass is 10.1. The Bertz CT molecular complexity index is 502. The van der Waals surface area contributed by atoms with Gasteiger partial charge in [-0.15, -0.1) is 0 Å². The number of halogens is 1. The zero-order chi connectivity index (χ0) is 14.7. The van der Waals surface area contributed by atoms with E-state index in [-0.39, 0.29) is 18.4 Å². The van der Waals surface area contributed by atoms with Gasteiger partial charge in [0.15, 0.2) is 0 Å². The number of nitrogens with zero attached hydrogens (tertiary/aromatic N) is 1. The maximum atomic E-state index is 12.3. The number of carbonyl (C=O) groups is 2. The van der Waals surface area contributed by atoms with Crippen LogP contribution in [0.25, 0.3) is 0 Å². The molecule has 0 bridgehead atoms. The molecule has 2 rings (SSSR count). The fourth-order valence-electron chi connectivity index (χ4n) is 2.36. The Morgan fingerprint density at radius 1 is 1.40 bits per heavy atom. The molecule has 0 radical (unpaired) electrons. The van der Waals surface area contributed by atoms with Crippen molar-refractivity contribution in [3.8, 4) is 0 Å². The van der Waals surface area contributed by atoms with Gasteiger partial charge in [0, 0.05) is 25.1 Å². The molecule has 1 aromatic carbocycles. The Hall–Kier alpha value is -1.59. The number of benzene rings is 1. The Morgan fingerprint density at radius 3 is 2.60 bits per heavy atom. The van der Waals surface area contributed by atoms with E-state index in [2.05, 4.69) is 0 Å². The monoisotopic (exact) mass is 297 g/mol. The summed E-state index contributed by atoms with van der Waals surface area (Å²) in [6.45, 7) is 0.319. The Labute approximate surface area is 122 Å². The molecule has 1 fully saturated rings. The number of hydrogen-bond acceptors (Lipinski definition) is 3. The van der Waals surface area contributed by atoms with Crippen LogP contribution in [0, 0.1) is 0 Å². The van der Waals surface area contributed by atoms with Gasteiger partial charge in [0.2, 0.25) is 5.91 Å². The van der Waals surface area contributed by atoms with E-state index in [0.717, 1.165) is 5.56 Å². The molecule has 0 aliphatic carbocycles. The van der Waals surface area contributed by atoms with Gasteiger partial charge in [0.05, 0.1) is 12.5 Å². The van der Waals surface area contributed by atoms with Gasteiger partial charge in [0.1, 0.15) is 6.04 Å². The molecule has 0 aromatic heterocycles. The van der Waals surface area contributed by atoms with E-state index < -0.39 is 12.0 Å². The maximum Gasteiger partial charge on any atom is 0.326 e. The van der Waals surface area contributed by atoms with Crippen LogP contribution in [-0.2, 0) is 20.7 Å². The molecule has 1 N–H and O–H groups in total. The van der Waals surface area contributed by atoms with Gasteiger partial charge in [0.25, 0.3) is 0 Å². The molecule has 1 aliphatic rings. The summed E-state index contributed by atoms with van der Waals surface area (Å²) in [5, 5.41) is 9.78. The normalized spacial score (nSPS) is 22.0. The van der Waals surface area contributed by atoms with E-state index in [1.165, 1.54) is 12.0 Å². The van der Waals surface area contributed by atoms with Gasteiger partial charge in [-0.1, -0.05) is 23.7 Å². The number of hydrogen-bond donors (Lipinski definition) is 1. The highest BCUT2D eigenvalue weighted by Gasteiger charge is 2.39. The Morgan fingerprint density at radius 2 is 2.05 bits per heavy atom. The van der Waals surface area contributed by atoms with Crippen LogP contribution in [0.5, 0.6) is 0 Å². The zero-order valence-corrected chi connectivity index (χ0v) is 11.8. The summed E-state index contributed by atoms with van der Waals surface area (Å²) in [6.07, 6.45) is 0.278. The highest BCUT2D eigenvalue weighted by molar-refractivity contribution is 6.30. The standard InChI is InChI=1S/C14H16ClNO4/c1-20-11-7-12(14(18)19)16(8-11)13(17)6-9-2-4-10(15)5-3-9/h2-5,11-12H,6-8H2,1H3,(H,18,19). The van der Waals surface area contributed by atoms with Crippen molar-refractivity contribution in [3.05, 3.63) is 34.9 Å². The van der Waals surface area contributed by atoms with Crippen LogP contribution in [0.4, 0.5) is 0 Å². The van der Waals surface area contributed by atoms with Crippen molar-refractivity contribution in [2.24, 2.45) is 0 Å². The molecule has 1 saturated heterocycles. The number of amides is 1. The number of aliphatic carboxylic acids is 1. The first-order chi connectivity index (χ1) is 9.51. The molecule has 1 aromatic rings. The molecule has 6 heteroatoms. The third kappa shape index (κ3) is 3.29. The second-order valence-electron chi connectivity index (χ2n) is 4.80. The van der Waals surface area contributed by atoms with Crippen LogP contribution in [0.3, 0.4) is 0 Å². The fourth-order valence-corrected chi connectivity index (χ4v) is 2.48. The zero-order valence-electron chi connectivity index (χ0n) is 11.1. The van der Waals surface area contributed by atoms with Crippen LogP contribution in [0.2, 0.25) is 5.02 Å². The molecule has 20 heavy (non-hydrogen) atoms. The topological polar surface area (TPSA) is 66.8 Å². The second-order valence-corrected chi connectivity index (χ2v) is 5.23. The number of ether oxygens (including phenoxy) is 1. The van der Waals surface area contributed by atoms with Crippen molar-refractivity contribution in [2.45, 2.75) is 25.0 Å². The van der Waals surface area contributed by atoms with E-state index in [0.29, 0.717) is 18.0 Å². The molecule has 2 atom stereocenters. The largest absolute Gasteiger partial charge is 0.480 e. The number of carboxylic acids is 1. The molecular weight excluding hydrogens is 282 g/mol. The molecule has 0 saturated carbocycles. The van der Waals surface area contributed by atoms with E-state index in [1.807, 2.05) is 0 Å². The second kappa shape index (κ2) is 6.24. The minimum atomic E-state index is -0.992. The van der Waals surface area contributed by atoms with Gasteiger partial charge in [-0.3, -0.25) is 4.79 Å². The average molecular weight is 298 g/mol. The van der Waals surface area contributed by atoms with Crippen molar-refractivity contribution in [3.63, 3.8) is 0 Å². The van der Waals surface area contributed by atoms with Crippen molar-refractivity contribution >= 4 is 23.5 Å². The van der Waals surface area contributed by atoms with Crippen LogP contribution >= 0.6 is 11.6 Å². The number of likely N-dealkylation sites (tertiary alicyclic amines) is 1. The summed E-state index contributed by atoms with van der Waals surface area (Å²) in [5.41, 5.74) is 0.810. The minimum Gasteiger partial charge on any atom is -0.480 e. The smallest absolute Gasteiger partial charge is 0.326 e. The van der Waals surface area contributed by atoms with Crippen molar-refractivity contribution in [1.82, 2.24) is 4.90 Å². The number of carbonyl (C=O) groups excluding carboxylic acids is 1. The number of carboxylic acid groups (broad SMARTS) is 1. The van der Waals surface area contributed by atoms with E-state index in [1.54, 1.807) is 24.3 Å². The molecule has 1 heterocycles. The van der Waals surface area contributed by atoms with Crippen LogP contribution < -0.4 is 0 Å². The number of rotatable bonds is 4. The third-order valence-corrected chi connectivity index (χ3v) is 3.72. The summed E-state index contributed by atoms with van der Waals surface area (Å²) in [7, 11) is 1.52. The first-order valence-electron chi connectivity index (χ1n) is 6.30. The molecule has 1 amide bonds. The number of methoxy groups -OCH3 is 1. The molecule has 1 aliphatic heterocycles. The molecule has 0 spiro atoms. The molecule has 108 valence electrons. The quantitative estimate of drug-likeness (QED) is 0.916. The molecular formula is C14H16ClNO4. The highest BCUT2D eigenvalue weighted by atomic mass is 35.5. The van der Waals surface area contributed by atoms with Gasteiger partial charge in [-0.2, -0.15) is 0 Å². The lowest BCUT2D eigenvalue weighted by Gasteiger charge is -2.21. The summed E-state index contributed by atoms with van der Waals surface area (Å²) in [4.78, 5) is 24.8. The van der Waals surface area contributed by atoms with E-state index in [4.69, 9.17) is 16.3 Å². The summed E-state index contributed by atoms with van der Waals surface area (Å²) in [6, 6.07) is 6.14. The van der Waals surface area contributed by atoms with Crippen LogP contribution in [0.15, 0.2) is 24.3 Å². The lowest BCUT2D eigenvalue weighted by Crippen LogP contribution is -2.41. The fraction of sp³-hybridized carbons (Fsp3) is 0.429. The molecule has 5 nitrogen and oxygen atoms in total. The highest BCUT2D eigenvalue weighted by Crippen LogP contribution is 2.21. The minimum absolute atomic E-state index is 0.164. The SMILES string of the molecule is COC1CC(C(=O)O)N(C(=O)Cc2ccc(Cl)cc2)C1. The summed E-state index contributed by atoms with van der Waals surface area (Å²) in [5.74, 6) is -1.20. The van der Waals surface area contributed by atoms with Crippen molar-refractivity contribution < 1.29 is 19.4 Å². The summed E-state index contributed by atoms with van der Waals surface area (Å²) < 4.78 is 5.16.